The van der Waals surface area contributed by atoms with Gasteiger partial charge in [0.05, 0.1) is 0 Å². The van der Waals surface area contributed by atoms with Gasteiger partial charge < -0.3 is 18.6 Å². The molecule has 0 aliphatic heterocycles. The van der Waals surface area contributed by atoms with Gasteiger partial charge in [-0.05, 0) is 36.1 Å². The summed E-state index contributed by atoms with van der Waals surface area (Å²) in [7, 11) is 2.32. The highest BCUT2D eigenvalue weighted by atomic mass is 28.4. The number of hydrogen-bond acceptors (Lipinski definition) is 4. The molecule has 0 aliphatic carbocycles. The first-order valence-electron chi connectivity index (χ1n) is 8.73. The summed E-state index contributed by atoms with van der Waals surface area (Å²) in [5.41, 5.74) is 2.91. The van der Waals surface area contributed by atoms with Crippen LogP contribution in [0, 0.1) is 0 Å². The molecule has 0 atom stereocenters. The number of nitrogens with one attached hydrogen (secondary N) is 1. The molecule has 6 heteroatoms. The van der Waals surface area contributed by atoms with Crippen LogP contribution in [0.25, 0.3) is 11.1 Å². The molecule has 0 spiro atoms. The smallest absolute Gasteiger partial charge is 0.377 e. The number of hydrogen-bond donors (Lipinski definition) is 1. The van der Waals surface area contributed by atoms with Crippen molar-refractivity contribution in [1.29, 1.82) is 0 Å². The van der Waals surface area contributed by atoms with E-state index in [1.807, 2.05) is 42.5 Å². The van der Waals surface area contributed by atoms with E-state index in [9.17, 15) is 4.79 Å². The second-order valence-corrected chi connectivity index (χ2v) is 9.04. The first kappa shape index (κ1) is 20.3. The molecule has 0 aliphatic rings. The molecule has 0 saturated heterocycles. The number of benzene rings is 2. The third-order valence-corrected chi connectivity index (χ3v) is 7.21. The Bertz CT molecular complexity index is 664. The summed E-state index contributed by atoms with van der Waals surface area (Å²) in [6, 6.07) is 18.5. The van der Waals surface area contributed by atoms with Crippen LogP contribution in [0.2, 0.25) is 6.04 Å². The third-order valence-electron chi connectivity index (χ3n) is 4.38. The molecule has 1 amide bonds. The summed E-state index contributed by atoms with van der Waals surface area (Å²) < 4.78 is 16.2. The highest BCUT2D eigenvalue weighted by molar-refractivity contribution is 6.60. The van der Waals surface area contributed by atoms with Gasteiger partial charge in [-0.25, -0.2) is 0 Å². The lowest BCUT2D eigenvalue weighted by Gasteiger charge is -2.24. The summed E-state index contributed by atoms with van der Waals surface area (Å²) in [5.74, 6) is -0.0571. The van der Waals surface area contributed by atoms with Gasteiger partial charge in [0.15, 0.2) is 0 Å². The highest BCUT2D eigenvalue weighted by Crippen LogP contribution is 2.19. The predicted molar refractivity (Wildman–Crippen MR) is 105 cm³/mol. The van der Waals surface area contributed by atoms with Crippen molar-refractivity contribution in [3.05, 3.63) is 60.2 Å². The first-order valence-corrected chi connectivity index (χ1v) is 10.7. The zero-order chi connectivity index (χ0) is 18.8. The van der Waals surface area contributed by atoms with E-state index < -0.39 is 8.80 Å². The number of carbonyl (C=O) groups is 1. The molecule has 1 N–H and O–H groups in total. The van der Waals surface area contributed by atoms with Gasteiger partial charge in [0.25, 0.3) is 5.91 Å². The van der Waals surface area contributed by atoms with E-state index in [-0.39, 0.29) is 5.91 Å². The number of rotatable bonds is 10. The predicted octanol–water partition coefficient (Wildman–Crippen LogP) is 3.74. The van der Waals surface area contributed by atoms with Crippen LogP contribution in [0.3, 0.4) is 0 Å². The lowest BCUT2D eigenvalue weighted by Crippen LogP contribution is -2.42. The lowest BCUT2D eigenvalue weighted by atomic mass is 10.0. The normalized spacial score (nSPS) is 11.3. The van der Waals surface area contributed by atoms with Gasteiger partial charge in [0, 0.05) is 39.5 Å². The molecule has 0 heterocycles. The zero-order valence-electron chi connectivity index (χ0n) is 15.7. The summed E-state index contributed by atoms with van der Waals surface area (Å²) >= 11 is 0. The van der Waals surface area contributed by atoms with Gasteiger partial charge in [-0.1, -0.05) is 42.5 Å². The van der Waals surface area contributed by atoms with Gasteiger partial charge in [0.2, 0.25) is 0 Å². The molecule has 0 unspecified atom stereocenters. The first-order chi connectivity index (χ1) is 12.6. The van der Waals surface area contributed by atoms with Gasteiger partial charge in [-0.2, -0.15) is 0 Å². The summed E-state index contributed by atoms with van der Waals surface area (Å²) in [4.78, 5) is 12.2. The van der Waals surface area contributed by atoms with E-state index >= 15 is 0 Å². The molecular formula is C20H27NO4Si. The quantitative estimate of drug-likeness (QED) is 0.509. The van der Waals surface area contributed by atoms with Crippen molar-refractivity contribution in [2.24, 2.45) is 0 Å². The molecule has 2 aromatic rings. The summed E-state index contributed by atoms with van der Waals surface area (Å²) in [6.07, 6.45) is 1.72. The van der Waals surface area contributed by atoms with Crippen molar-refractivity contribution < 1.29 is 18.1 Å². The molecule has 26 heavy (non-hydrogen) atoms. The van der Waals surface area contributed by atoms with E-state index in [1.54, 1.807) is 21.3 Å². The Balaban J connectivity index is 1.78. The van der Waals surface area contributed by atoms with Crippen molar-refractivity contribution in [2.45, 2.75) is 18.9 Å². The van der Waals surface area contributed by atoms with Crippen LogP contribution in [0.4, 0.5) is 0 Å². The molecular weight excluding hydrogens is 346 g/mol. The molecule has 0 saturated carbocycles. The average molecular weight is 374 g/mol. The second kappa shape index (κ2) is 10.2. The number of carbonyl (C=O) groups excluding carboxylic acids is 1. The van der Waals surface area contributed by atoms with E-state index in [2.05, 4.69) is 17.4 Å². The summed E-state index contributed by atoms with van der Waals surface area (Å²) in [6.45, 7) is 0.612. The van der Waals surface area contributed by atoms with Crippen LogP contribution >= 0.6 is 0 Å². The van der Waals surface area contributed by atoms with Gasteiger partial charge >= 0.3 is 8.80 Å². The van der Waals surface area contributed by atoms with E-state index in [0.717, 1.165) is 30.0 Å². The van der Waals surface area contributed by atoms with Crippen molar-refractivity contribution in [1.82, 2.24) is 5.32 Å². The Morgan fingerprint density at radius 1 is 0.846 bits per heavy atom. The standard InChI is InChI=1S/C20H27NO4Si/c1-23-26(24-2,25-3)16-8-7-15-21-20(22)19-13-11-18(12-14-19)17-9-5-4-6-10-17/h4-6,9-14H,7-8,15-16H2,1-3H3,(H,21,22). The monoisotopic (exact) mass is 373 g/mol. The number of unbranched alkanes of at least 4 members (excludes halogenated alkanes) is 1. The van der Waals surface area contributed by atoms with Crippen molar-refractivity contribution in [3.8, 4) is 11.1 Å². The van der Waals surface area contributed by atoms with E-state index in [4.69, 9.17) is 13.3 Å². The summed E-state index contributed by atoms with van der Waals surface area (Å²) in [5, 5.41) is 2.95. The van der Waals surface area contributed by atoms with Gasteiger partial charge in [0.1, 0.15) is 0 Å². The maximum atomic E-state index is 12.2. The number of amides is 1. The van der Waals surface area contributed by atoms with Crippen LogP contribution in [-0.4, -0.2) is 42.6 Å². The SMILES string of the molecule is CO[Si](CCCCNC(=O)c1ccc(-c2ccccc2)cc1)(OC)OC. The molecule has 2 rings (SSSR count). The Kier molecular flexibility index (Phi) is 7.99. The van der Waals surface area contributed by atoms with Crippen molar-refractivity contribution in [2.75, 3.05) is 27.9 Å². The van der Waals surface area contributed by atoms with Crippen LogP contribution in [0.5, 0.6) is 0 Å². The molecule has 0 aromatic heterocycles. The minimum atomic E-state index is -2.51. The topological polar surface area (TPSA) is 56.8 Å². The maximum Gasteiger partial charge on any atom is 0.500 e. The second-order valence-electron chi connectivity index (χ2n) is 5.95. The van der Waals surface area contributed by atoms with Crippen LogP contribution in [0.1, 0.15) is 23.2 Å². The largest absolute Gasteiger partial charge is 0.500 e. The Hall–Kier alpha value is -1.99. The maximum absolute atomic E-state index is 12.2. The minimum absolute atomic E-state index is 0.0571. The Labute approximate surface area is 156 Å². The van der Waals surface area contributed by atoms with Crippen molar-refractivity contribution in [3.63, 3.8) is 0 Å². The molecule has 0 fully saturated rings. The van der Waals surface area contributed by atoms with E-state index in [1.165, 1.54) is 0 Å². The third kappa shape index (κ3) is 5.50. The fraction of sp³-hybridized carbons (Fsp3) is 0.350. The van der Waals surface area contributed by atoms with Gasteiger partial charge in [-0.15, -0.1) is 0 Å². The van der Waals surface area contributed by atoms with Gasteiger partial charge in [-0.3, -0.25) is 4.79 Å². The molecule has 2 aromatic carbocycles. The zero-order valence-corrected chi connectivity index (χ0v) is 16.7. The molecule has 140 valence electrons. The van der Waals surface area contributed by atoms with Crippen LogP contribution in [-0.2, 0) is 13.3 Å². The van der Waals surface area contributed by atoms with Crippen LogP contribution < -0.4 is 5.32 Å². The average Bonchev–Trinajstić information content (AvgIpc) is 2.72. The Morgan fingerprint density at radius 2 is 1.42 bits per heavy atom. The van der Waals surface area contributed by atoms with E-state index in [0.29, 0.717) is 12.1 Å². The van der Waals surface area contributed by atoms with Crippen molar-refractivity contribution >= 4 is 14.7 Å². The fourth-order valence-corrected chi connectivity index (χ4v) is 4.57. The lowest BCUT2D eigenvalue weighted by molar-refractivity contribution is 0.0953. The molecule has 5 nitrogen and oxygen atoms in total. The fourth-order valence-electron chi connectivity index (χ4n) is 2.77. The Morgan fingerprint density at radius 3 is 2.00 bits per heavy atom. The highest BCUT2D eigenvalue weighted by Gasteiger charge is 2.36. The molecule has 0 bridgehead atoms. The van der Waals surface area contributed by atoms with Crippen LogP contribution in [0.15, 0.2) is 54.6 Å². The minimum Gasteiger partial charge on any atom is -0.377 e. The molecule has 0 radical (unpaired) electrons.